The maximum atomic E-state index is 9.80. The molecule has 1 aromatic heterocycles. The van der Waals surface area contributed by atoms with Crippen molar-refractivity contribution in [2.75, 3.05) is 6.54 Å². The van der Waals surface area contributed by atoms with E-state index >= 15 is 0 Å². The van der Waals surface area contributed by atoms with Crippen molar-refractivity contribution in [1.29, 1.82) is 0 Å². The molecule has 1 fully saturated rings. The molecule has 0 amide bonds. The van der Waals surface area contributed by atoms with Crippen molar-refractivity contribution in [1.82, 2.24) is 10.1 Å². The molecule has 0 unspecified atom stereocenters. The average Bonchev–Trinajstić information content (AvgIpc) is 2.88. The minimum atomic E-state index is -0.729. The Morgan fingerprint density at radius 3 is 2.50 bits per heavy atom. The van der Waals surface area contributed by atoms with Gasteiger partial charge in [-0.25, -0.2) is 0 Å². The molecule has 1 aromatic rings. The Balaban J connectivity index is 1.94. The molecule has 0 aromatic carbocycles. The summed E-state index contributed by atoms with van der Waals surface area (Å²) in [5.74, 6) is 2.20. The van der Waals surface area contributed by atoms with Gasteiger partial charge in [-0.3, -0.25) is 0 Å². The van der Waals surface area contributed by atoms with Crippen LogP contribution in [0.3, 0.4) is 0 Å². The Morgan fingerprint density at radius 2 is 1.95 bits per heavy atom. The first kappa shape index (κ1) is 15.4. The topological polar surface area (TPSA) is 85.2 Å². The fourth-order valence-corrected chi connectivity index (χ4v) is 3.05. The van der Waals surface area contributed by atoms with Crippen LogP contribution in [0.4, 0.5) is 0 Å². The molecule has 5 heteroatoms. The first-order chi connectivity index (χ1) is 9.41. The highest BCUT2D eigenvalue weighted by molar-refractivity contribution is 5.00. The fourth-order valence-electron chi connectivity index (χ4n) is 3.05. The summed E-state index contributed by atoms with van der Waals surface area (Å²) in [6.07, 6.45) is 4.36. The largest absolute Gasteiger partial charge is 0.383 e. The summed E-state index contributed by atoms with van der Waals surface area (Å²) in [7, 11) is 0. The van der Waals surface area contributed by atoms with Crippen LogP contribution in [0.1, 0.15) is 76.6 Å². The van der Waals surface area contributed by atoms with E-state index in [0.717, 1.165) is 24.6 Å². The van der Waals surface area contributed by atoms with Crippen LogP contribution in [0.25, 0.3) is 0 Å². The molecule has 1 aliphatic carbocycles. The van der Waals surface area contributed by atoms with Crippen molar-refractivity contribution in [2.24, 2.45) is 17.1 Å². The summed E-state index contributed by atoms with van der Waals surface area (Å²) in [6, 6.07) is 0. The first-order valence-corrected chi connectivity index (χ1v) is 7.63. The quantitative estimate of drug-likeness (QED) is 0.886. The van der Waals surface area contributed by atoms with E-state index in [-0.39, 0.29) is 0 Å². The summed E-state index contributed by atoms with van der Waals surface area (Å²) in [5.41, 5.74) is 5.80. The lowest BCUT2D eigenvalue weighted by molar-refractivity contribution is 0.127. The van der Waals surface area contributed by atoms with Crippen LogP contribution in [-0.4, -0.2) is 21.8 Å². The fraction of sp³-hybridized carbons (Fsp3) is 0.867. The highest BCUT2D eigenvalue weighted by Gasteiger charge is 2.32. The summed E-state index contributed by atoms with van der Waals surface area (Å²) in [5, 5.41) is 13.8. The van der Waals surface area contributed by atoms with Gasteiger partial charge in [0.25, 0.3) is 5.89 Å². The summed E-state index contributed by atoms with van der Waals surface area (Å²) in [6.45, 7) is 7.35. The second-order valence-corrected chi connectivity index (χ2v) is 7.00. The summed E-state index contributed by atoms with van der Waals surface area (Å²) >= 11 is 0. The van der Waals surface area contributed by atoms with Gasteiger partial charge in [-0.2, -0.15) is 4.98 Å². The Labute approximate surface area is 120 Å². The molecule has 1 heterocycles. The number of hydrogen-bond donors (Lipinski definition) is 2. The van der Waals surface area contributed by atoms with Crippen LogP contribution < -0.4 is 5.73 Å². The van der Waals surface area contributed by atoms with Crippen LogP contribution in [-0.2, 0) is 0 Å². The summed E-state index contributed by atoms with van der Waals surface area (Å²) in [4.78, 5) is 4.36. The molecule has 0 bridgehead atoms. The number of rotatable bonds is 4. The second kappa shape index (κ2) is 6.22. The van der Waals surface area contributed by atoms with Gasteiger partial charge in [0.15, 0.2) is 5.82 Å². The smallest absolute Gasteiger partial charge is 0.255 e. The standard InChI is InChI=1S/C15H27N3O2/c1-15(2,3)11-6-4-10(5-7-11)13-17-14(20-18-13)12(19)8-9-16/h10-12,19H,4-9,16H2,1-3H3/t10?,11?,12-/m0/s1. The van der Waals surface area contributed by atoms with E-state index in [1.54, 1.807) is 0 Å². The third-order valence-electron chi connectivity index (χ3n) is 4.50. The highest BCUT2D eigenvalue weighted by atomic mass is 16.5. The Kier molecular flexibility index (Phi) is 4.81. The number of nitrogens with two attached hydrogens (primary N) is 1. The Hall–Kier alpha value is -0.940. The Bertz CT molecular complexity index is 417. The highest BCUT2D eigenvalue weighted by Crippen LogP contribution is 2.42. The van der Waals surface area contributed by atoms with Gasteiger partial charge >= 0.3 is 0 Å². The zero-order valence-corrected chi connectivity index (χ0v) is 12.8. The van der Waals surface area contributed by atoms with Crippen LogP contribution >= 0.6 is 0 Å². The maximum absolute atomic E-state index is 9.80. The number of aromatic nitrogens is 2. The molecule has 1 saturated carbocycles. The second-order valence-electron chi connectivity index (χ2n) is 7.00. The van der Waals surface area contributed by atoms with Gasteiger partial charge in [-0.1, -0.05) is 25.9 Å². The van der Waals surface area contributed by atoms with Gasteiger partial charge in [0.2, 0.25) is 0 Å². The normalized spacial score (nSPS) is 25.6. The van der Waals surface area contributed by atoms with Crippen LogP contribution in [0, 0.1) is 11.3 Å². The lowest BCUT2D eigenvalue weighted by Gasteiger charge is -2.36. The molecule has 114 valence electrons. The van der Waals surface area contributed by atoms with Crippen LogP contribution in [0.15, 0.2) is 4.52 Å². The molecular formula is C15H27N3O2. The monoisotopic (exact) mass is 281 g/mol. The molecule has 1 atom stereocenters. The Morgan fingerprint density at radius 1 is 1.30 bits per heavy atom. The third-order valence-corrected chi connectivity index (χ3v) is 4.50. The van der Waals surface area contributed by atoms with Crippen molar-refractivity contribution < 1.29 is 9.63 Å². The van der Waals surface area contributed by atoms with Gasteiger partial charge in [-0.05, 0) is 50.0 Å². The van der Waals surface area contributed by atoms with E-state index in [9.17, 15) is 5.11 Å². The van der Waals surface area contributed by atoms with Crippen molar-refractivity contribution in [3.63, 3.8) is 0 Å². The molecule has 0 aliphatic heterocycles. The molecule has 1 aliphatic rings. The number of hydrogen-bond acceptors (Lipinski definition) is 5. The lowest BCUT2D eigenvalue weighted by atomic mass is 9.70. The zero-order valence-electron chi connectivity index (χ0n) is 12.8. The van der Waals surface area contributed by atoms with Crippen molar-refractivity contribution >= 4 is 0 Å². The molecule has 5 nitrogen and oxygen atoms in total. The first-order valence-electron chi connectivity index (χ1n) is 7.63. The van der Waals surface area contributed by atoms with E-state index < -0.39 is 6.10 Å². The third kappa shape index (κ3) is 3.58. The molecular weight excluding hydrogens is 254 g/mol. The van der Waals surface area contributed by atoms with Crippen LogP contribution in [0.5, 0.6) is 0 Å². The zero-order chi connectivity index (χ0) is 14.8. The predicted molar refractivity (Wildman–Crippen MR) is 77.1 cm³/mol. The van der Waals surface area contributed by atoms with Gasteiger partial charge < -0.3 is 15.4 Å². The van der Waals surface area contributed by atoms with Gasteiger partial charge in [-0.15, -0.1) is 0 Å². The van der Waals surface area contributed by atoms with Gasteiger partial charge in [0.1, 0.15) is 6.10 Å². The van der Waals surface area contributed by atoms with Crippen LogP contribution in [0.2, 0.25) is 0 Å². The minimum absolute atomic E-state index is 0.309. The van der Waals surface area contributed by atoms with Gasteiger partial charge in [0, 0.05) is 5.92 Å². The SMILES string of the molecule is CC(C)(C)C1CCC(c2noc([C@@H](O)CCN)n2)CC1. The van der Waals surface area contributed by atoms with E-state index in [0.29, 0.717) is 30.2 Å². The number of aliphatic hydroxyl groups is 1. The minimum Gasteiger partial charge on any atom is -0.383 e. The summed E-state index contributed by atoms with van der Waals surface area (Å²) < 4.78 is 5.16. The molecule has 20 heavy (non-hydrogen) atoms. The van der Waals surface area contributed by atoms with E-state index in [4.69, 9.17) is 10.3 Å². The van der Waals surface area contributed by atoms with E-state index in [1.807, 2.05) is 0 Å². The van der Waals surface area contributed by atoms with Gasteiger partial charge in [0.05, 0.1) is 0 Å². The molecule has 2 rings (SSSR count). The molecule has 3 N–H and O–H groups in total. The molecule has 0 spiro atoms. The molecule has 0 saturated heterocycles. The van der Waals surface area contributed by atoms with Crippen molar-refractivity contribution in [2.45, 2.75) is 64.9 Å². The van der Waals surface area contributed by atoms with Crippen molar-refractivity contribution in [3.05, 3.63) is 11.7 Å². The van der Waals surface area contributed by atoms with E-state index in [1.165, 1.54) is 12.8 Å². The average molecular weight is 281 g/mol. The predicted octanol–water partition coefficient (Wildman–Crippen LogP) is 2.77. The number of nitrogens with zero attached hydrogens (tertiary/aromatic N) is 2. The lowest BCUT2D eigenvalue weighted by Crippen LogP contribution is -2.25. The van der Waals surface area contributed by atoms with Crippen molar-refractivity contribution in [3.8, 4) is 0 Å². The van der Waals surface area contributed by atoms with E-state index in [2.05, 4.69) is 30.9 Å². The number of aliphatic hydroxyl groups excluding tert-OH is 1. The molecule has 0 radical (unpaired) electrons. The maximum Gasteiger partial charge on any atom is 0.255 e.